The number of halogens is 1. The molecule has 4 aliphatic rings. The number of hydrogen-bond acceptors (Lipinski definition) is 9. The number of aliphatic hydroxyl groups is 1. The quantitative estimate of drug-likeness (QED) is 0.329. The highest BCUT2D eigenvalue weighted by atomic mass is 35.5. The maximum absolute atomic E-state index is 12.8. The number of nitrogens with zero attached hydrogens (tertiary/aromatic N) is 4. The number of primary amides is 1. The zero-order chi connectivity index (χ0) is 28.7. The van der Waals surface area contributed by atoms with Gasteiger partial charge in [0, 0.05) is 50.5 Å². The van der Waals surface area contributed by atoms with Gasteiger partial charge in [-0.3, -0.25) is 14.5 Å². The van der Waals surface area contributed by atoms with Crippen molar-refractivity contribution >= 4 is 46.3 Å². The molecule has 2 amide bonds. The first-order valence-electron chi connectivity index (χ1n) is 14.1. The third kappa shape index (κ3) is 5.53. The molecular formula is C29H36ClN7O4. The lowest BCUT2D eigenvalue weighted by atomic mass is 9.88. The number of allylic oxidation sites excluding steroid dienone is 1. The predicted octanol–water partition coefficient (Wildman–Crippen LogP) is 2.25. The lowest BCUT2D eigenvalue weighted by molar-refractivity contribution is -0.135. The fourth-order valence-corrected chi connectivity index (χ4v) is 6.76. The standard InChI is InChI=1S/C29H36ClN7O4/c1-17(38)14-35-7-9-36(10-8-35)23(39)15-41-21-4-2-3-20(12-21)37-16-33-29-27(37)26(22(30)13-32-29)34-25-19-6-5-18(11-19)24(25)28(31)40/h2-6,12-13,17-19,24-25,38H,7-11,14-16H2,1H3,(H2,31,40)(H2,32,33,34)/t17?,18-,19+,24+,25-/m1/s1. The zero-order valence-corrected chi connectivity index (χ0v) is 23.8. The summed E-state index contributed by atoms with van der Waals surface area (Å²) in [5.74, 6) is 0.932. The number of pyridine rings is 1. The summed E-state index contributed by atoms with van der Waals surface area (Å²) in [6.45, 7) is 5.50. The van der Waals surface area contributed by atoms with E-state index in [1.165, 1.54) is 0 Å². The number of anilines is 4. The number of hydrogen-bond donors (Lipinski definition) is 4. The SMILES string of the molecule is CC(O)CN1CCN(C(=O)COc2cccc(N3CNc4ncc(Cl)c(N[C@H]5[C@@H](C(N)=O)[C@@H]6C=C[C@H]5C6)c43)c2)CC1. The van der Waals surface area contributed by atoms with E-state index >= 15 is 0 Å². The number of amides is 2. The van der Waals surface area contributed by atoms with Crippen molar-refractivity contribution in [2.45, 2.75) is 25.5 Å². The summed E-state index contributed by atoms with van der Waals surface area (Å²) in [5.41, 5.74) is 8.14. The minimum Gasteiger partial charge on any atom is -0.484 e. The Kier molecular flexibility index (Phi) is 7.67. The van der Waals surface area contributed by atoms with Crippen LogP contribution in [0.5, 0.6) is 5.75 Å². The first kappa shape index (κ1) is 27.6. The molecule has 0 radical (unpaired) electrons. The maximum atomic E-state index is 12.8. The number of nitrogens with one attached hydrogen (secondary N) is 2. The first-order chi connectivity index (χ1) is 19.8. The summed E-state index contributed by atoms with van der Waals surface area (Å²) >= 11 is 6.70. The molecule has 6 rings (SSSR count). The van der Waals surface area contributed by atoms with Crippen LogP contribution in [0, 0.1) is 17.8 Å². The van der Waals surface area contributed by atoms with Crippen molar-refractivity contribution in [3.8, 4) is 5.75 Å². The third-order valence-electron chi connectivity index (χ3n) is 8.52. The molecular weight excluding hydrogens is 546 g/mol. The lowest BCUT2D eigenvalue weighted by Gasteiger charge is -2.35. The number of piperazine rings is 1. The van der Waals surface area contributed by atoms with Crippen molar-refractivity contribution in [1.82, 2.24) is 14.8 Å². The first-order valence-corrected chi connectivity index (χ1v) is 14.5. The normalized spacial score (nSPS) is 25.6. The van der Waals surface area contributed by atoms with E-state index in [9.17, 15) is 14.7 Å². The molecule has 41 heavy (non-hydrogen) atoms. The largest absolute Gasteiger partial charge is 0.484 e. The Morgan fingerprint density at radius 3 is 2.78 bits per heavy atom. The summed E-state index contributed by atoms with van der Waals surface area (Å²) < 4.78 is 5.93. The Morgan fingerprint density at radius 1 is 1.24 bits per heavy atom. The molecule has 0 spiro atoms. The van der Waals surface area contributed by atoms with Crippen LogP contribution in [0.15, 0.2) is 42.6 Å². The fraction of sp³-hybridized carbons (Fsp3) is 0.483. The van der Waals surface area contributed by atoms with Gasteiger partial charge in [-0.15, -0.1) is 0 Å². The molecule has 2 aliphatic heterocycles. The highest BCUT2D eigenvalue weighted by Gasteiger charge is 2.48. The number of β-amino-alcohol motifs (C(OH)–C–C–N with tert-alkyl or cyclic N) is 1. The van der Waals surface area contributed by atoms with Crippen molar-refractivity contribution in [3.05, 3.63) is 47.6 Å². The molecule has 2 aromatic rings. The van der Waals surface area contributed by atoms with Gasteiger partial charge in [0.25, 0.3) is 5.91 Å². The number of rotatable bonds is 9. The second kappa shape index (κ2) is 11.4. The van der Waals surface area contributed by atoms with Crippen molar-refractivity contribution in [2.75, 3.05) is 61.5 Å². The van der Waals surface area contributed by atoms with Crippen LogP contribution < -0.4 is 26.0 Å². The summed E-state index contributed by atoms with van der Waals surface area (Å²) in [7, 11) is 0. The molecule has 218 valence electrons. The number of carbonyl (C=O) groups excluding carboxylic acids is 2. The van der Waals surface area contributed by atoms with E-state index in [0.717, 1.165) is 30.9 Å². The molecule has 3 heterocycles. The summed E-state index contributed by atoms with van der Waals surface area (Å²) in [6.07, 6.45) is 6.37. The third-order valence-corrected chi connectivity index (χ3v) is 8.81. The number of ether oxygens (including phenoxy) is 1. The maximum Gasteiger partial charge on any atom is 0.260 e. The predicted molar refractivity (Wildman–Crippen MR) is 157 cm³/mol. The van der Waals surface area contributed by atoms with Gasteiger partial charge in [0.1, 0.15) is 11.4 Å². The second-order valence-electron chi connectivity index (χ2n) is 11.3. The van der Waals surface area contributed by atoms with Crippen molar-refractivity contribution in [1.29, 1.82) is 0 Å². The average molecular weight is 582 g/mol. The van der Waals surface area contributed by atoms with E-state index in [0.29, 0.717) is 48.6 Å². The van der Waals surface area contributed by atoms with Gasteiger partial charge in [-0.25, -0.2) is 4.98 Å². The molecule has 1 saturated carbocycles. The van der Waals surface area contributed by atoms with Crippen LogP contribution in [0.3, 0.4) is 0 Å². The van der Waals surface area contributed by atoms with Gasteiger partial charge in [-0.1, -0.05) is 29.8 Å². The van der Waals surface area contributed by atoms with Gasteiger partial charge in [0.05, 0.1) is 35.6 Å². The molecule has 1 saturated heterocycles. The molecule has 2 aliphatic carbocycles. The molecule has 1 unspecified atom stereocenters. The molecule has 2 fully saturated rings. The van der Waals surface area contributed by atoms with Gasteiger partial charge in [-0.05, 0) is 37.3 Å². The highest BCUT2D eigenvalue weighted by molar-refractivity contribution is 6.34. The highest BCUT2D eigenvalue weighted by Crippen LogP contribution is 2.49. The number of fused-ring (bicyclic) bond motifs is 3. The van der Waals surface area contributed by atoms with Gasteiger partial charge in [-0.2, -0.15) is 0 Å². The zero-order valence-electron chi connectivity index (χ0n) is 23.0. The Morgan fingerprint density at radius 2 is 2.02 bits per heavy atom. The average Bonchev–Trinajstić information content (AvgIpc) is 3.69. The lowest BCUT2D eigenvalue weighted by Crippen LogP contribution is -2.51. The number of aromatic nitrogens is 1. The molecule has 1 aromatic heterocycles. The minimum atomic E-state index is -0.383. The second-order valence-corrected chi connectivity index (χ2v) is 11.7. The Labute approximate surface area is 244 Å². The van der Waals surface area contributed by atoms with E-state index in [-0.39, 0.29) is 48.3 Å². The number of benzene rings is 1. The van der Waals surface area contributed by atoms with Crippen molar-refractivity contribution < 1.29 is 19.4 Å². The molecule has 12 heteroatoms. The van der Waals surface area contributed by atoms with E-state index in [4.69, 9.17) is 22.1 Å². The molecule has 1 aromatic carbocycles. The van der Waals surface area contributed by atoms with Gasteiger partial charge < -0.3 is 36.0 Å². The number of carbonyl (C=O) groups is 2. The smallest absolute Gasteiger partial charge is 0.260 e. The Hall–Kier alpha value is -3.54. The number of aliphatic hydroxyl groups excluding tert-OH is 1. The van der Waals surface area contributed by atoms with Crippen LogP contribution >= 0.6 is 11.6 Å². The minimum absolute atomic E-state index is 0.0544. The monoisotopic (exact) mass is 581 g/mol. The van der Waals surface area contributed by atoms with E-state index in [2.05, 4.69) is 37.6 Å². The van der Waals surface area contributed by atoms with E-state index in [1.807, 2.05) is 24.3 Å². The summed E-state index contributed by atoms with van der Waals surface area (Å²) in [5, 5.41) is 17.0. The number of nitrogens with two attached hydrogens (primary N) is 1. The molecule has 11 nitrogen and oxygen atoms in total. The molecule has 5 atom stereocenters. The van der Waals surface area contributed by atoms with Crippen LogP contribution in [0.2, 0.25) is 5.02 Å². The van der Waals surface area contributed by atoms with Crippen molar-refractivity contribution in [3.63, 3.8) is 0 Å². The van der Waals surface area contributed by atoms with Crippen LogP contribution in [-0.2, 0) is 9.59 Å². The summed E-state index contributed by atoms with van der Waals surface area (Å²) in [4.78, 5) is 35.7. The van der Waals surface area contributed by atoms with Crippen LogP contribution in [0.25, 0.3) is 0 Å². The van der Waals surface area contributed by atoms with E-state index < -0.39 is 0 Å². The topological polar surface area (TPSA) is 136 Å². The van der Waals surface area contributed by atoms with Crippen LogP contribution in [0.4, 0.5) is 22.9 Å². The molecule has 2 bridgehead atoms. The Bertz CT molecular complexity index is 1350. The van der Waals surface area contributed by atoms with Gasteiger partial charge in [0.2, 0.25) is 5.91 Å². The van der Waals surface area contributed by atoms with E-state index in [1.54, 1.807) is 18.0 Å². The van der Waals surface area contributed by atoms with Crippen LogP contribution in [0.1, 0.15) is 13.3 Å². The van der Waals surface area contributed by atoms with Crippen molar-refractivity contribution in [2.24, 2.45) is 23.5 Å². The fourth-order valence-electron chi connectivity index (χ4n) is 6.57. The summed E-state index contributed by atoms with van der Waals surface area (Å²) in [6, 6.07) is 7.42. The van der Waals surface area contributed by atoms with Crippen LogP contribution in [-0.4, -0.2) is 89.8 Å². The van der Waals surface area contributed by atoms with Gasteiger partial charge in [0.15, 0.2) is 12.4 Å². The Balaban J connectivity index is 1.15. The van der Waals surface area contributed by atoms with Gasteiger partial charge >= 0.3 is 0 Å². The molecule has 5 N–H and O–H groups in total.